The molecule has 2 aromatic rings. The van der Waals surface area contributed by atoms with Crippen LogP contribution in [0.2, 0.25) is 0 Å². The van der Waals surface area contributed by atoms with E-state index in [9.17, 15) is 19.1 Å². The van der Waals surface area contributed by atoms with E-state index in [0.717, 1.165) is 31.6 Å². The maximum absolute atomic E-state index is 15.0. The van der Waals surface area contributed by atoms with Crippen molar-refractivity contribution in [2.75, 3.05) is 31.1 Å². The van der Waals surface area contributed by atoms with E-state index in [-0.39, 0.29) is 17.0 Å². The normalized spacial score (nSPS) is 20.1. The molecule has 1 unspecified atom stereocenters. The topological polar surface area (TPSA) is 74.6 Å². The molecule has 0 bridgehead atoms. The Kier molecular flexibility index (Phi) is 3.76. The molecule has 25 heavy (non-hydrogen) atoms. The highest BCUT2D eigenvalue weighted by atomic mass is 19.1. The Hall–Kier alpha value is -2.41. The number of benzene rings is 1. The van der Waals surface area contributed by atoms with Crippen LogP contribution in [0.1, 0.15) is 35.3 Å². The Morgan fingerprint density at radius 2 is 2.16 bits per heavy atom. The van der Waals surface area contributed by atoms with Gasteiger partial charge in [-0.2, -0.15) is 0 Å². The molecule has 2 aliphatic rings. The van der Waals surface area contributed by atoms with Crippen molar-refractivity contribution in [3.8, 4) is 0 Å². The predicted molar refractivity (Wildman–Crippen MR) is 93.2 cm³/mol. The largest absolute Gasteiger partial charge is 0.477 e. The summed E-state index contributed by atoms with van der Waals surface area (Å²) in [7, 11) is 0. The Balaban J connectivity index is 2.00. The van der Waals surface area contributed by atoms with Crippen molar-refractivity contribution in [2.24, 2.45) is 0 Å². The number of rotatable bonds is 2. The summed E-state index contributed by atoms with van der Waals surface area (Å²) in [6.07, 6.45) is 2.92. The van der Waals surface area contributed by atoms with E-state index in [1.54, 1.807) is 0 Å². The summed E-state index contributed by atoms with van der Waals surface area (Å²) in [6, 6.07) is 1.21. The zero-order chi connectivity index (χ0) is 17.7. The van der Waals surface area contributed by atoms with E-state index in [4.69, 9.17) is 0 Å². The highest BCUT2D eigenvalue weighted by Crippen LogP contribution is 2.39. The Morgan fingerprint density at radius 1 is 1.36 bits per heavy atom. The van der Waals surface area contributed by atoms with Gasteiger partial charge in [-0.1, -0.05) is 0 Å². The van der Waals surface area contributed by atoms with E-state index >= 15 is 0 Å². The average molecular weight is 345 g/mol. The summed E-state index contributed by atoms with van der Waals surface area (Å²) in [5, 5.41) is 12.8. The van der Waals surface area contributed by atoms with Gasteiger partial charge in [-0.05, 0) is 32.4 Å². The first kappa shape index (κ1) is 16.1. The van der Waals surface area contributed by atoms with Crippen LogP contribution < -0.4 is 15.6 Å². The molecular weight excluding hydrogens is 325 g/mol. The summed E-state index contributed by atoms with van der Waals surface area (Å²) < 4.78 is 16.8. The summed E-state index contributed by atoms with van der Waals surface area (Å²) in [6.45, 7) is 5.12. The van der Waals surface area contributed by atoms with Gasteiger partial charge in [0.25, 0.3) is 0 Å². The lowest BCUT2D eigenvalue weighted by atomic mass is 10.0. The first-order valence-corrected chi connectivity index (χ1v) is 8.58. The SMILES string of the molecule is CC1Cc2c(N3CCCNCC3)c(F)cc3c(=O)c(C(=O)O)cn1c23. The first-order valence-electron chi connectivity index (χ1n) is 8.58. The van der Waals surface area contributed by atoms with Gasteiger partial charge >= 0.3 is 5.97 Å². The summed E-state index contributed by atoms with van der Waals surface area (Å²) in [5.74, 6) is -1.72. The fourth-order valence-electron chi connectivity index (χ4n) is 4.06. The smallest absolute Gasteiger partial charge is 0.341 e. The van der Waals surface area contributed by atoms with Crippen molar-refractivity contribution < 1.29 is 14.3 Å². The molecule has 3 heterocycles. The van der Waals surface area contributed by atoms with Crippen molar-refractivity contribution in [3.05, 3.63) is 39.4 Å². The zero-order valence-electron chi connectivity index (χ0n) is 14.0. The number of hydrogen-bond donors (Lipinski definition) is 2. The lowest BCUT2D eigenvalue weighted by Gasteiger charge is -2.25. The maximum Gasteiger partial charge on any atom is 0.341 e. The van der Waals surface area contributed by atoms with Crippen molar-refractivity contribution in [2.45, 2.75) is 25.8 Å². The first-order chi connectivity index (χ1) is 12.0. The molecule has 7 heteroatoms. The average Bonchev–Trinajstić information content (AvgIpc) is 2.75. The standard InChI is InChI=1S/C18H20FN3O3/c1-10-7-11-15-12(17(23)13(18(24)25)9-22(10)15)8-14(19)16(11)21-5-2-3-20-4-6-21/h8-10,20H,2-7H2,1H3,(H,24,25). The molecule has 0 radical (unpaired) electrons. The van der Waals surface area contributed by atoms with Crippen LogP contribution in [0.5, 0.6) is 0 Å². The molecule has 2 N–H and O–H groups in total. The number of aromatic nitrogens is 1. The molecule has 132 valence electrons. The number of nitrogens with one attached hydrogen (secondary N) is 1. The van der Waals surface area contributed by atoms with Crippen LogP contribution in [0.4, 0.5) is 10.1 Å². The number of carbonyl (C=O) groups is 1. The Morgan fingerprint density at radius 3 is 2.92 bits per heavy atom. The van der Waals surface area contributed by atoms with E-state index in [2.05, 4.69) is 5.32 Å². The molecule has 0 aliphatic carbocycles. The second-order valence-electron chi connectivity index (χ2n) is 6.81. The second-order valence-corrected chi connectivity index (χ2v) is 6.81. The third-order valence-electron chi connectivity index (χ3n) is 5.20. The van der Waals surface area contributed by atoms with Crippen LogP contribution >= 0.6 is 0 Å². The van der Waals surface area contributed by atoms with E-state index in [1.165, 1.54) is 12.3 Å². The fraction of sp³-hybridized carbons (Fsp3) is 0.444. The van der Waals surface area contributed by atoms with E-state index in [0.29, 0.717) is 24.2 Å². The number of nitrogens with zero attached hydrogens (tertiary/aromatic N) is 2. The van der Waals surface area contributed by atoms with Crippen molar-refractivity contribution in [3.63, 3.8) is 0 Å². The number of halogens is 1. The van der Waals surface area contributed by atoms with Crippen molar-refractivity contribution >= 4 is 22.6 Å². The molecule has 2 aliphatic heterocycles. The monoisotopic (exact) mass is 345 g/mol. The van der Waals surface area contributed by atoms with Crippen LogP contribution in [-0.2, 0) is 6.42 Å². The molecule has 1 fully saturated rings. The van der Waals surface area contributed by atoms with Gasteiger partial charge in [0.05, 0.1) is 11.2 Å². The summed E-state index contributed by atoms with van der Waals surface area (Å²) in [5.41, 5.74) is 1.14. The molecule has 0 saturated carbocycles. The lowest BCUT2D eigenvalue weighted by Crippen LogP contribution is -2.29. The van der Waals surface area contributed by atoms with Crippen molar-refractivity contribution in [1.29, 1.82) is 0 Å². The van der Waals surface area contributed by atoms with Crippen LogP contribution in [0, 0.1) is 5.82 Å². The minimum absolute atomic E-state index is 0.0122. The van der Waals surface area contributed by atoms with Gasteiger partial charge in [0.2, 0.25) is 5.43 Å². The third kappa shape index (κ3) is 2.41. The van der Waals surface area contributed by atoms with Gasteiger partial charge in [-0.3, -0.25) is 4.79 Å². The second kappa shape index (κ2) is 5.84. The molecule has 0 spiro atoms. The number of anilines is 1. The minimum atomic E-state index is -1.28. The molecular formula is C18H20FN3O3. The van der Waals surface area contributed by atoms with Gasteiger partial charge in [0.1, 0.15) is 11.4 Å². The van der Waals surface area contributed by atoms with Gasteiger partial charge < -0.3 is 19.9 Å². The minimum Gasteiger partial charge on any atom is -0.477 e. The molecule has 6 nitrogen and oxygen atoms in total. The highest BCUT2D eigenvalue weighted by Gasteiger charge is 2.30. The van der Waals surface area contributed by atoms with Crippen molar-refractivity contribution in [1.82, 2.24) is 9.88 Å². The number of pyridine rings is 1. The van der Waals surface area contributed by atoms with Crippen LogP contribution in [0.3, 0.4) is 0 Å². The molecule has 1 atom stereocenters. The number of carboxylic acid groups (broad SMARTS) is 1. The van der Waals surface area contributed by atoms with Gasteiger partial charge in [0, 0.05) is 42.8 Å². The number of aromatic carboxylic acids is 1. The number of carboxylic acids is 1. The summed E-state index contributed by atoms with van der Waals surface area (Å²) >= 11 is 0. The fourth-order valence-corrected chi connectivity index (χ4v) is 4.06. The van der Waals surface area contributed by atoms with Crippen LogP contribution in [0.15, 0.2) is 17.1 Å². The number of hydrogen-bond acceptors (Lipinski definition) is 4. The molecule has 0 amide bonds. The Bertz CT molecular complexity index is 930. The zero-order valence-corrected chi connectivity index (χ0v) is 14.0. The third-order valence-corrected chi connectivity index (χ3v) is 5.20. The van der Waals surface area contributed by atoms with E-state index in [1.807, 2.05) is 16.4 Å². The predicted octanol–water partition coefficient (Wildman–Crippen LogP) is 1.76. The van der Waals surface area contributed by atoms with E-state index < -0.39 is 17.2 Å². The Labute approximate surface area is 143 Å². The van der Waals surface area contributed by atoms with Crippen LogP contribution in [-0.4, -0.2) is 41.8 Å². The molecule has 4 rings (SSSR count). The van der Waals surface area contributed by atoms with Crippen LogP contribution in [0.25, 0.3) is 10.9 Å². The quantitative estimate of drug-likeness (QED) is 0.867. The van der Waals surface area contributed by atoms with Gasteiger partial charge in [0.15, 0.2) is 0 Å². The maximum atomic E-state index is 15.0. The molecule has 1 aromatic heterocycles. The lowest BCUT2D eigenvalue weighted by molar-refractivity contribution is 0.0694. The van der Waals surface area contributed by atoms with Gasteiger partial charge in [-0.25, -0.2) is 9.18 Å². The highest BCUT2D eigenvalue weighted by molar-refractivity contribution is 5.96. The molecule has 1 aromatic carbocycles. The molecule has 1 saturated heterocycles. The summed E-state index contributed by atoms with van der Waals surface area (Å²) in [4.78, 5) is 25.9. The van der Waals surface area contributed by atoms with Gasteiger partial charge in [-0.15, -0.1) is 0 Å².